The van der Waals surface area contributed by atoms with Crippen LogP contribution in [0.5, 0.6) is 0 Å². The van der Waals surface area contributed by atoms with Crippen molar-refractivity contribution < 1.29 is 9.69 Å². The highest BCUT2D eigenvalue weighted by molar-refractivity contribution is 9.11. The molecular formula is C15H18BrN2OS+. The summed E-state index contributed by atoms with van der Waals surface area (Å²) in [6.45, 7) is 1.95. The summed E-state index contributed by atoms with van der Waals surface area (Å²) in [7, 11) is 2.04. The second-order valence-corrected chi connectivity index (χ2v) is 7.33. The van der Waals surface area contributed by atoms with Gasteiger partial charge in [-0.3, -0.25) is 4.79 Å². The summed E-state index contributed by atoms with van der Waals surface area (Å²) in [5.74, 6) is 0.0852. The molecule has 2 rings (SSSR count). The van der Waals surface area contributed by atoms with Gasteiger partial charge in [-0.1, -0.05) is 30.3 Å². The number of hydrogen-bond donors (Lipinski definition) is 2. The van der Waals surface area contributed by atoms with Gasteiger partial charge in [-0.2, -0.15) is 0 Å². The van der Waals surface area contributed by atoms with Crippen LogP contribution in [0.2, 0.25) is 0 Å². The Bertz CT molecular complexity index is 556. The summed E-state index contributed by atoms with van der Waals surface area (Å²) in [5.41, 5.74) is 1.13. The van der Waals surface area contributed by atoms with E-state index in [1.165, 1.54) is 9.78 Å². The molecule has 3 nitrogen and oxygen atoms in total. The van der Waals surface area contributed by atoms with Crippen molar-refractivity contribution in [2.75, 3.05) is 13.6 Å². The average Bonchev–Trinajstić information content (AvgIpc) is 2.83. The van der Waals surface area contributed by atoms with Crippen molar-refractivity contribution in [1.29, 1.82) is 0 Å². The van der Waals surface area contributed by atoms with E-state index in [2.05, 4.69) is 27.3 Å². The van der Waals surface area contributed by atoms with E-state index in [4.69, 9.17) is 0 Å². The van der Waals surface area contributed by atoms with E-state index in [1.54, 1.807) is 11.3 Å². The van der Waals surface area contributed by atoms with E-state index in [0.717, 1.165) is 15.9 Å². The van der Waals surface area contributed by atoms with E-state index in [9.17, 15) is 4.79 Å². The Morgan fingerprint density at radius 1 is 1.25 bits per heavy atom. The molecule has 1 aromatic heterocycles. The molecule has 0 saturated heterocycles. The molecule has 0 radical (unpaired) electrons. The summed E-state index contributed by atoms with van der Waals surface area (Å²) in [4.78, 5) is 14.4. The highest BCUT2D eigenvalue weighted by atomic mass is 79.9. The first-order valence-electron chi connectivity index (χ1n) is 6.49. The summed E-state index contributed by atoms with van der Waals surface area (Å²) in [6, 6.07) is 14.1. The Kier molecular flexibility index (Phi) is 5.76. The fraction of sp³-hybridized carbons (Fsp3) is 0.267. The van der Waals surface area contributed by atoms with Crippen LogP contribution in [0.3, 0.4) is 0 Å². The quantitative estimate of drug-likeness (QED) is 0.816. The van der Waals surface area contributed by atoms with Gasteiger partial charge < -0.3 is 10.2 Å². The number of amides is 1. The molecule has 0 saturated carbocycles. The van der Waals surface area contributed by atoms with Gasteiger partial charge in [0, 0.05) is 6.54 Å². The molecule has 2 aromatic rings. The third-order valence-electron chi connectivity index (χ3n) is 2.90. The van der Waals surface area contributed by atoms with Crippen LogP contribution in [0.1, 0.15) is 10.4 Å². The number of quaternary nitrogens is 1. The van der Waals surface area contributed by atoms with Gasteiger partial charge >= 0.3 is 0 Å². The van der Waals surface area contributed by atoms with Gasteiger partial charge in [-0.15, -0.1) is 11.3 Å². The maximum Gasteiger partial charge on any atom is 0.275 e. The van der Waals surface area contributed by atoms with Crippen LogP contribution >= 0.6 is 27.3 Å². The first kappa shape index (κ1) is 15.2. The lowest BCUT2D eigenvalue weighted by molar-refractivity contribution is -0.885. The van der Waals surface area contributed by atoms with Crippen molar-refractivity contribution in [1.82, 2.24) is 5.32 Å². The smallest absolute Gasteiger partial charge is 0.275 e. The maximum absolute atomic E-state index is 11.9. The predicted molar refractivity (Wildman–Crippen MR) is 85.8 cm³/mol. The fourth-order valence-corrected chi connectivity index (χ4v) is 3.54. The van der Waals surface area contributed by atoms with Crippen molar-refractivity contribution in [3.63, 3.8) is 0 Å². The number of carbonyl (C=O) groups is 1. The monoisotopic (exact) mass is 353 g/mol. The number of thiophene rings is 1. The highest BCUT2D eigenvalue weighted by Gasteiger charge is 2.11. The third-order valence-corrected chi connectivity index (χ3v) is 4.52. The molecular weight excluding hydrogens is 336 g/mol. The Morgan fingerprint density at radius 3 is 2.65 bits per heavy atom. The topological polar surface area (TPSA) is 33.5 Å². The normalized spacial score (nSPS) is 12.1. The maximum atomic E-state index is 11.9. The fourth-order valence-electron chi connectivity index (χ4n) is 1.94. The van der Waals surface area contributed by atoms with Gasteiger partial charge in [0.1, 0.15) is 6.54 Å². The van der Waals surface area contributed by atoms with E-state index in [0.29, 0.717) is 13.1 Å². The minimum absolute atomic E-state index is 0.0852. The molecule has 0 spiro atoms. The van der Waals surface area contributed by atoms with Crippen LogP contribution in [0.4, 0.5) is 0 Å². The van der Waals surface area contributed by atoms with Crippen molar-refractivity contribution in [2.24, 2.45) is 0 Å². The molecule has 0 aliphatic heterocycles. The number of rotatable bonds is 6. The van der Waals surface area contributed by atoms with Gasteiger partial charge in [-0.25, -0.2) is 0 Å². The lowest BCUT2D eigenvalue weighted by atomic mass is 10.2. The molecule has 0 fully saturated rings. The van der Waals surface area contributed by atoms with Crippen LogP contribution in [-0.4, -0.2) is 19.5 Å². The van der Waals surface area contributed by atoms with Crippen molar-refractivity contribution in [3.05, 3.63) is 56.7 Å². The summed E-state index contributed by atoms with van der Waals surface area (Å²) < 4.78 is 1.13. The van der Waals surface area contributed by atoms with Crippen LogP contribution in [0.15, 0.2) is 46.3 Å². The lowest BCUT2D eigenvalue weighted by Crippen LogP contribution is -3.08. The number of hydrogen-bond acceptors (Lipinski definition) is 2. The number of halogens is 1. The van der Waals surface area contributed by atoms with Crippen molar-refractivity contribution in [3.8, 4) is 0 Å². The first-order chi connectivity index (χ1) is 9.63. The molecule has 1 aromatic carbocycles. The van der Waals surface area contributed by atoms with Gasteiger partial charge in [0.25, 0.3) is 5.91 Å². The zero-order valence-corrected chi connectivity index (χ0v) is 13.8. The van der Waals surface area contributed by atoms with Gasteiger partial charge in [0.2, 0.25) is 0 Å². The Hall–Kier alpha value is -1.17. The van der Waals surface area contributed by atoms with E-state index in [1.807, 2.05) is 43.4 Å². The van der Waals surface area contributed by atoms with Crippen molar-refractivity contribution in [2.45, 2.75) is 13.1 Å². The minimum atomic E-state index is 0.0852. The minimum Gasteiger partial charge on any atom is -0.347 e. The number of likely N-dealkylation sites (N-methyl/N-ethyl adjacent to an activating group) is 1. The second kappa shape index (κ2) is 7.57. The summed E-state index contributed by atoms with van der Waals surface area (Å²) in [5, 5.41) is 2.96. The van der Waals surface area contributed by atoms with E-state index in [-0.39, 0.29) is 5.91 Å². The van der Waals surface area contributed by atoms with Crippen LogP contribution in [0, 0.1) is 0 Å². The Morgan fingerprint density at radius 2 is 2.00 bits per heavy atom. The SMILES string of the molecule is C[NH+](CC(=O)NCc1ccccc1)Cc1ccc(Br)s1. The average molecular weight is 354 g/mol. The molecule has 0 bridgehead atoms. The highest BCUT2D eigenvalue weighted by Crippen LogP contribution is 2.21. The molecule has 1 unspecified atom stereocenters. The van der Waals surface area contributed by atoms with Crippen LogP contribution in [0.25, 0.3) is 0 Å². The predicted octanol–water partition coefficient (Wildman–Crippen LogP) is 1.84. The molecule has 1 heterocycles. The third kappa shape index (κ3) is 5.07. The molecule has 0 aliphatic rings. The number of carbonyl (C=O) groups excluding carboxylic acids is 1. The lowest BCUT2D eigenvalue weighted by Gasteiger charge is -2.12. The second-order valence-electron chi connectivity index (χ2n) is 4.78. The number of nitrogens with one attached hydrogen (secondary N) is 2. The molecule has 0 aliphatic carbocycles. The Balaban J connectivity index is 1.73. The standard InChI is InChI=1S/C15H17BrN2OS/c1-18(10-13-7-8-14(16)20-13)11-15(19)17-9-12-5-3-2-4-6-12/h2-8H,9-11H2,1H3,(H,17,19)/p+1. The van der Waals surface area contributed by atoms with E-state index >= 15 is 0 Å². The molecule has 106 valence electrons. The zero-order valence-electron chi connectivity index (χ0n) is 11.4. The largest absolute Gasteiger partial charge is 0.347 e. The van der Waals surface area contributed by atoms with E-state index < -0.39 is 0 Å². The molecule has 1 atom stereocenters. The van der Waals surface area contributed by atoms with Crippen molar-refractivity contribution >= 4 is 33.2 Å². The number of benzene rings is 1. The molecule has 20 heavy (non-hydrogen) atoms. The van der Waals surface area contributed by atoms with Gasteiger partial charge in [0.15, 0.2) is 6.54 Å². The molecule has 5 heteroatoms. The van der Waals surface area contributed by atoms with Gasteiger partial charge in [-0.05, 0) is 33.6 Å². The zero-order chi connectivity index (χ0) is 14.4. The summed E-state index contributed by atoms with van der Waals surface area (Å²) in [6.07, 6.45) is 0. The van der Waals surface area contributed by atoms with Gasteiger partial charge in [0.05, 0.1) is 15.7 Å². The molecule has 2 N–H and O–H groups in total. The van der Waals surface area contributed by atoms with Crippen LogP contribution < -0.4 is 10.2 Å². The summed E-state index contributed by atoms with van der Waals surface area (Å²) >= 11 is 5.17. The Labute approximate surface area is 131 Å². The molecule has 1 amide bonds. The van der Waals surface area contributed by atoms with Crippen LogP contribution in [-0.2, 0) is 17.9 Å². The first-order valence-corrected chi connectivity index (χ1v) is 8.10.